The molecule has 1 N–H and O–H groups in total. The number of carbonyl (C=O) groups is 1. The van der Waals surface area contributed by atoms with Crippen molar-refractivity contribution in [2.24, 2.45) is 5.41 Å². The monoisotopic (exact) mass is 338 g/mol. The maximum absolute atomic E-state index is 12.8. The fraction of sp³-hybridized carbons (Fsp3) is 0.611. The van der Waals surface area contributed by atoms with Gasteiger partial charge in [-0.05, 0) is 62.7 Å². The van der Waals surface area contributed by atoms with E-state index in [1.165, 1.54) is 12.8 Å². The molecular formula is C18H27ClN2O2. The number of methoxy groups -OCH3 is 1. The molecule has 1 amide bonds. The quantitative estimate of drug-likeness (QED) is 0.901. The summed E-state index contributed by atoms with van der Waals surface area (Å²) in [5, 5.41) is 3.44. The number of piperidine rings is 2. The highest BCUT2D eigenvalue weighted by atomic mass is 35.5. The van der Waals surface area contributed by atoms with Crippen LogP contribution in [0.2, 0.25) is 0 Å². The van der Waals surface area contributed by atoms with Gasteiger partial charge in [-0.1, -0.05) is 12.1 Å². The van der Waals surface area contributed by atoms with Gasteiger partial charge in [-0.3, -0.25) is 4.79 Å². The van der Waals surface area contributed by atoms with E-state index in [1.807, 2.05) is 30.0 Å². The second-order valence-electron chi connectivity index (χ2n) is 6.70. The Labute approximate surface area is 145 Å². The second kappa shape index (κ2) is 7.54. The van der Waals surface area contributed by atoms with Crippen molar-refractivity contribution in [2.45, 2.75) is 32.6 Å². The highest BCUT2D eigenvalue weighted by Crippen LogP contribution is 2.40. The summed E-state index contributed by atoms with van der Waals surface area (Å²) in [7, 11) is 1.64. The minimum absolute atomic E-state index is 0. The average molecular weight is 339 g/mol. The van der Waals surface area contributed by atoms with Crippen LogP contribution in [0.1, 0.15) is 41.6 Å². The van der Waals surface area contributed by atoms with Crippen LogP contribution in [-0.2, 0) is 0 Å². The third-order valence-corrected chi connectivity index (χ3v) is 5.42. The minimum atomic E-state index is 0. The summed E-state index contributed by atoms with van der Waals surface area (Å²) in [6.45, 7) is 5.97. The summed E-state index contributed by atoms with van der Waals surface area (Å²) >= 11 is 0. The largest absolute Gasteiger partial charge is 0.496 e. The van der Waals surface area contributed by atoms with Crippen LogP contribution in [-0.4, -0.2) is 44.1 Å². The van der Waals surface area contributed by atoms with E-state index in [-0.39, 0.29) is 18.3 Å². The van der Waals surface area contributed by atoms with Crippen LogP contribution in [0.4, 0.5) is 0 Å². The summed E-state index contributed by atoms with van der Waals surface area (Å²) in [5.41, 5.74) is 2.18. The first kappa shape index (κ1) is 18.1. The number of benzene rings is 1. The predicted octanol–water partition coefficient (Wildman–Crippen LogP) is 3.03. The van der Waals surface area contributed by atoms with E-state index in [0.717, 1.165) is 50.3 Å². The molecule has 0 aliphatic carbocycles. The number of hydrogen-bond donors (Lipinski definition) is 1. The Bertz CT molecular complexity index is 546. The van der Waals surface area contributed by atoms with Crippen molar-refractivity contribution in [3.63, 3.8) is 0 Å². The van der Waals surface area contributed by atoms with Crippen molar-refractivity contribution < 1.29 is 9.53 Å². The SMILES string of the molecule is COc1c(C)cccc1C(=O)N1CCC2(CCNCC2)CC1.Cl. The lowest BCUT2D eigenvalue weighted by molar-refractivity contribution is 0.0493. The van der Waals surface area contributed by atoms with Crippen molar-refractivity contribution in [3.05, 3.63) is 29.3 Å². The topological polar surface area (TPSA) is 41.6 Å². The number of para-hydroxylation sites is 1. The number of aryl methyl sites for hydroxylation is 1. The number of ether oxygens (including phenoxy) is 1. The normalized spacial score (nSPS) is 20.0. The average Bonchev–Trinajstić information content (AvgIpc) is 2.55. The van der Waals surface area contributed by atoms with Gasteiger partial charge in [0.15, 0.2) is 0 Å². The highest BCUT2D eigenvalue weighted by molar-refractivity contribution is 5.97. The van der Waals surface area contributed by atoms with Crippen molar-refractivity contribution in [1.29, 1.82) is 0 Å². The first-order valence-electron chi connectivity index (χ1n) is 8.29. The van der Waals surface area contributed by atoms with E-state index in [9.17, 15) is 4.79 Å². The van der Waals surface area contributed by atoms with Crippen molar-refractivity contribution in [3.8, 4) is 5.75 Å². The Hall–Kier alpha value is -1.26. The standard InChI is InChI=1S/C18H26N2O2.ClH/c1-14-4-3-5-15(16(14)22-2)17(21)20-12-8-18(9-13-20)6-10-19-11-7-18;/h3-5,19H,6-13H2,1-2H3;1H. The van der Waals surface area contributed by atoms with Crippen LogP contribution < -0.4 is 10.1 Å². The first-order valence-corrected chi connectivity index (χ1v) is 8.29. The molecule has 23 heavy (non-hydrogen) atoms. The number of hydrogen-bond acceptors (Lipinski definition) is 3. The number of likely N-dealkylation sites (tertiary alicyclic amines) is 1. The third-order valence-electron chi connectivity index (χ3n) is 5.42. The molecule has 2 heterocycles. The molecule has 4 nitrogen and oxygen atoms in total. The van der Waals surface area contributed by atoms with Gasteiger partial charge < -0.3 is 15.0 Å². The van der Waals surface area contributed by atoms with Gasteiger partial charge in [-0.15, -0.1) is 12.4 Å². The van der Waals surface area contributed by atoms with Gasteiger partial charge in [0.2, 0.25) is 0 Å². The summed E-state index contributed by atoms with van der Waals surface area (Å²) in [6, 6.07) is 5.79. The smallest absolute Gasteiger partial charge is 0.257 e. The lowest BCUT2D eigenvalue weighted by Gasteiger charge is -2.44. The predicted molar refractivity (Wildman–Crippen MR) is 94.7 cm³/mol. The van der Waals surface area contributed by atoms with Gasteiger partial charge >= 0.3 is 0 Å². The van der Waals surface area contributed by atoms with Gasteiger partial charge in [0.25, 0.3) is 5.91 Å². The molecule has 2 aliphatic rings. The van der Waals surface area contributed by atoms with E-state index in [4.69, 9.17) is 4.74 Å². The molecule has 0 unspecified atom stereocenters. The Balaban J connectivity index is 0.00000192. The minimum Gasteiger partial charge on any atom is -0.496 e. The van der Waals surface area contributed by atoms with E-state index >= 15 is 0 Å². The molecule has 5 heteroatoms. The van der Waals surface area contributed by atoms with Crippen LogP contribution in [0, 0.1) is 12.3 Å². The molecule has 0 bridgehead atoms. The maximum Gasteiger partial charge on any atom is 0.257 e. The van der Waals surface area contributed by atoms with E-state index in [2.05, 4.69) is 5.32 Å². The molecule has 0 saturated carbocycles. The molecule has 1 aromatic rings. The number of nitrogens with zero attached hydrogens (tertiary/aromatic N) is 1. The number of halogens is 1. The summed E-state index contributed by atoms with van der Waals surface area (Å²) < 4.78 is 5.44. The number of nitrogens with one attached hydrogen (secondary N) is 1. The summed E-state index contributed by atoms with van der Waals surface area (Å²) in [6.07, 6.45) is 4.77. The van der Waals surface area contributed by atoms with Gasteiger partial charge in [0.05, 0.1) is 12.7 Å². The Morgan fingerprint density at radius 3 is 2.43 bits per heavy atom. The Morgan fingerprint density at radius 1 is 1.17 bits per heavy atom. The van der Waals surface area contributed by atoms with Crippen LogP contribution in [0.3, 0.4) is 0 Å². The number of rotatable bonds is 2. The fourth-order valence-electron chi connectivity index (χ4n) is 3.90. The van der Waals surface area contributed by atoms with Gasteiger partial charge in [0, 0.05) is 13.1 Å². The van der Waals surface area contributed by atoms with E-state index in [0.29, 0.717) is 11.0 Å². The first-order chi connectivity index (χ1) is 10.7. The number of carbonyl (C=O) groups excluding carboxylic acids is 1. The second-order valence-corrected chi connectivity index (χ2v) is 6.70. The lowest BCUT2D eigenvalue weighted by atomic mass is 9.71. The number of amides is 1. The maximum atomic E-state index is 12.8. The molecule has 2 fully saturated rings. The lowest BCUT2D eigenvalue weighted by Crippen LogP contribution is -2.47. The molecule has 3 rings (SSSR count). The van der Waals surface area contributed by atoms with Crippen molar-refractivity contribution >= 4 is 18.3 Å². The van der Waals surface area contributed by atoms with Crippen LogP contribution in [0.15, 0.2) is 18.2 Å². The molecule has 128 valence electrons. The highest BCUT2D eigenvalue weighted by Gasteiger charge is 2.37. The third kappa shape index (κ3) is 3.64. The van der Waals surface area contributed by atoms with Gasteiger partial charge in [0.1, 0.15) is 5.75 Å². The zero-order valence-electron chi connectivity index (χ0n) is 14.1. The summed E-state index contributed by atoms with van der Waals surface area (Å²) in [4.78, 5) is 14.8. The zero-order valence-corrected chi connectivity index (χ0v) is 14.9. The molecule has 0 radical (unpaired) electrons. The van der Waals surface area contributed by atoms with Gasteiger partial charge in [-0.25, -0.2) is 0 Å². The molecule has 1 aromatic carbocycles. The molecule has 2 saturated heterocycles. The van der Waals surface area contributed by atoms with Crippen molar-refractivity contribution in [2.75, 3.05) is 33.3 Å². The van der Waals surface area contributed by atoms with Crippen molar-refractivity contribution in [1.82, 2.24) is 10.2 Å². The molecule has 2 aliphatic heterocycles. The molecular weight excluding hydrogens is 312 g/mol. The Morgan fingerprint density at radius 2 is 1.83 bits per heavy atom. The fourth-order valence-corrected chi connectivity index (χ4v) is 3.90. The molecule has 0 aromatic heterocycles. The van der Waals surface area contributed by atoms with Crippen LogP contribution >= 0.6 is 12.4 Å². The van der Waals surface area contributed by atoms with Crippen LogP contribution in [0.25, 0.3) is 0 Å². The van der Waals surface area contributed by atoms with Crippen LogP contribution in [0.5, 0.6) is 5.75 Å². The summed E-state index contributed by atoms with van der Waals surface area (Å²) in [5.74, 6) is 0.832. The zero-order chi connectivity index (χ0) is 15.6. The van der Waals surface area contributed by atoms with E-state index < -0.39 is 0 Å². The molecule has 0 atom stereocenters. The van der Waals surface area contributed by atoms with E-state index in [1.54, 1.807) is 7.11 Å². The Kier molecular flexibility index (Phi) is 5.93. The van der Waals surface area contributed by atoms with Gasteiger partial charge in [-0.2, -0.15) is 0 Å². The molecule has 1 spiro atoms.